The molecule has 6 heteroatoms. The van der Waals surface area contributed by atoms with E-state index in [9.17, 15) is 9.18 Å². The number of aromatic nitrogens is 1. The molecule has 2 aliphatic rings. The van der Waals surface area contributed by atoms with Gasteiger partial charge in [0.25, 0.3) is 5.91 Å². The van der Waals surface area contributed by atoms with Gasteiger partial charge in [0, 0.05) is 23.7 Å². The molecule has 0 spiro atoms. The molecule has 0 saturated carbocycles. The molecule has 3 heterocycles. The summed E-state index contributed by atoms with van der Waals surface area (Å²) in [6.07, 6.45) is 5.68. The number of carbonyl (C=O) groups is 1. The molecule has 2 fully saturated rings. The van der Waals surface area contributed by atoms with Crippen molar-refractivity contribution in [3.8, 4) is 11.5 Å². The Morgan fingerprint density at radius 2 is 1.86 bits per heavy atom. The number of hydrogen-bond acceptors (Lipinski definition) is 4. The highest BCUT2D eigenvalue weighted by molar-refractivity contribution is 6.04. The van der Waals surface area contributed by atoms with Crippen molar-refractivity contribution < 1.29 is 13.6 Å². The fourth-order valence-corrected chi connectivity index (χ4v) is 4.84. The Balaban J connectivity index is 1.39. The molecule has 5 nitrogen and oxygen atoms in total. The number of para-hydroxylation sites is 1. The molecule has 1 aromatic heterocycles. The van der Waals surface area contributed by atoms with E-state index in [1.54, 1.807) is 18.2 Å². The Morgan fingerprint density at radius 1 is 1.14 bits per heavy atom. The number of amides is 1. The Bertz CT molecular complexity index is 1030. The van der Waals surface area contributed by atoms with E-state index < -0.39 is 0 Å². The fraction of sp³-hybridized carbons (Fsp3) is 0.391. The highest BCUT2D eigenvalue weighted by atomic mass is 19.1. The molecule has 0 unspecified atom stereocenters. The first kappa shape index (κ1) is 18.3. The zero-order valence-electron chi connectivity index (χ0n) is 16.4. The molecular formula is C23H24FN3O2. The summed E-state index contributed by atoms with van der Waals surface area (Å²) in [5.41, 5.74) is 2.26. The van der Waals surface area contributed by atoms with E-state index in [0.29, 0.717) is 40.2 Å². The van der Waals surface area contributed by atoms with Gasteiger partial charge in [0.2, 0.25) is 5.89 Å². The smallest absolute Gasteiger partial charge is 0.255 e. The number of nitrogens with one attached hydrogen (secondary N) is 1. The fourth-order valence-electron chi connectivity index (χ4n) is 4.84. The quantitative estimate of drug-likeness (QED) is 0.718. The van der Waals surface area contributed by atoms with Gasteiger partial charge in [0.1, 0.15) is 11.3 Å². The van der Waals surface area contributed by atoms with E-state index in [1.165, 1.54) is 31.4 Å². The molecule has 2 aliphatic heterocycles. The predicted octanol–water partition coefficient (Wildman–Crippen LogP) is 4.38. The number of rotatable bonds is 3. The van der Waals surface area contributed by atoms with Crippen LogP contribution in [0.15, 0.2) is 46.9 Å². The molecule has 1 amide bonds. The van der Waals surface area contributed by atoms with E-state index in [0.717, 1.165) is 12.8 Å². The Morgan fingerprint density at radius 3 is 2.59 bits per heavy atom. The Hall–Kier alpha value is -2.73. The van der Waals surface area contributed by atoms with Gasteiger partial charge in [-0.05, 0) is 69.1 Å². The summed E-state index contributed by atoms with van der Waals surface area (Å²) < 4.78 is 19.1. The minimum Gasteiger partial charge on any atom is -0.435 e. The number of benzene rings is 2. The number of oxazole rings is 1. The number of fused-ring (bicyclic) bond motifs is 3. The van der Waals surface area contributed by atoms with Gasteiger partial charge in [-0.25, -0.2) is 9.37 Å². The Labute approximate surface area is 168 Å². The van der Waals surface area contributed by atoms with Gasteiger partial charge in [-0.1, -0.05) is 12.5 Å². The first-order chi connectivity index (χ1) is 14.1. The van der Waals surface area contributed by atoms with Crippen molar-refractivity contribution in [3.05, 3.63) is 53.8 Å². The van der Waals surface area contributed by atoms with Crippen molar-refractivity contribution >= 4 is 17.0 Å². The van der Waals surface area contributed by atoms with Gasteiger partial charge in [0.05, 0.1) is 5.56 Å². The number of hydrogen-bond donors (Lipinski definition) is 1. The zero-order valence-corrected chi connectivity index (χ0v) is 16.4. The lowest BCUT2D eigenvalue weighted by molar-refractivity contribution is 0.0463. The molecule has 5 rings (SSSR count). The molecule has 0 aliphatic carbocycles. The van der Waals surface area contributed by atoms with Crippen LogP contribution in [0.3, 0.4) is 0 Å². The van der Waals surface area contributed by atoms with Crippen molar-refractivity contribution in [2.45, 2.75) is 50.2 Å². The van der Waals surface area contributed by atoms with Crippen molar-refractivity contribution in [3.63, 3.8) is 0 Å². The lowest BCUT2D eigenvalue weighted by Crippen LogP contribution is -2.55. The van der Waals surface area contributed by atoms with Gasteiger partial charge >= 0.3 is 0 Å². The number of nitrogens with zero attached hydrogens (tertiary/aromatic N) is 2. The summed E-state index contributed by atoms with van der Waals surface area (Å²) in [6.45, 7) is 0. The predicted molar refractivity (Wildman–Crippen MR) is 109 cm³/mol. The maximum atomic E-state index is 13.2. The van der Waals surface area contributed by atoms with Crippen LogP contribution in [-0.4, -0.2) is 41.0 Å². The van der Waals surface area contributed by atoms with E-state index in [-0.39, 0.29) is 17.8 Å². The molecule has 2 atom stereocenters. The minimum absolute atomic E-state index is 0.120. The van der Waals surface area contributed by atoms with Gasteiger partial charge in [-0.3, -0.25) is 4.79 Å². The molecule has 150 valence electrons. The van der Waals surface area contributed by atoms with E-state index in [1.807, 2.05) is 12.1 Å². The van der Waals surface area contributed by atoms with Crippen molar-refractivity contribution in [2.24, 2.45) is 0 Å². The molecular weight excluding hydrogens is 369 g/mol. The summed E-state index contributed by atoms with van der Waals surface area (Å²) in [5, 5.41) is 3.23. The maximum absolute atomic E-state index is 13.2. The van der Waals surface area contributed by atoms with Gasteiger partial charge < -0.3 is 14.6 Å². The molecule has 3 aromatic rings. The van der Waals surface area contributed by atoms with E-state index >= 15 is 0 Å². The van der Waals surface area contributed by atoms with E-state index in [4.69, 9.17) is 4.42 Å². The second kappa shape index (κ2) is 7.26. The summed E-state index contributed by atoms with van der Waals surface area (Å²) in [4.78, 5) is 20.0. The number of piperidine rings is 2. The normalized spacial score (nSPS) is 24.6. The topological polar surface area (TPSA) is 58.4 Å². The molecule has 0 radical (unpaired) electrons. The monoisotopic (exact) mass is 393 g/mol. The number of halogens is 1. The minimum atomic E-state index is -0.312. The molecule has 2 aromatic carbocycles. The van der Waals surface area contributed by atoms with Crippen LogP contribution in [0.5, 0.6) is 0 Å². The SMILES string of the molecule is CN1[C@@H]2CCC[C@@H]1CC(NC(=O)c1cccc3nc(-c4ccc(F)cc4)oc13)C2. The van der Waals surface area contributed by atoms with Crippen LogP contribution in [0.2, 0.25) is 0 Å². The molecule has 1 N–H and O–H groups in total. The van der Waals surface area contributed by atoms with Crippen LogP contribution in [0.1, 0.15) is 42.5 Å². The van der Waals surface area contributed by atoms with Crippen LogP contribution in [0.25, 0.3) is 22.6 Å². The largest absolute Gasteiger partial charge is 0.435 e. The second-order valence-corrected chi connectivity index (χ2v) is 8.23. The van der Waals surface area contributed by atoms with Crippen molar-refractivity contribution in [1.82, 2.24) is 15.2 Å². The third kappa shape index (κ3) is 3.42. The van der Waals surface area contributed by atoms with Gasteiger partial charge in [0.15, 0.2) is 5.58 Å². The zero-order chi connectivity index (χ0) is 20.0. The Kier molecular flexibility index (Phi) is 4.59. The molecule has 2 bridgehead atoms. The van der Waals surface area contributed by atoms with Gasteiger partial charge in [-0.2, -0.15) is 0 Å². The first-order valence-corrected chi connectivity index (χ1v) is 10.3. The lowest BCUT2D eigenvalue weighted by Gasteiger charge is -2.47. The maximum Gasteiger partial charge on any atom is 0.255 e. The average molecular weight is 393 g/mol. The van der Waals surface area contributed by atoms with Crippen molar-refractivity contribution in [2.75, 3.05) is 7.05 Å². The van der Waals surface area contributed by atoms with Crippen LogP contribution in [-0.2, 0) is 0 Å². The highest BCUT2D eigenvalue weighted by Crippen LogP contribution is 2.33. The summed E-state index contributed by atoms with van der Waals surface area (Å²) >= 11 is 0. The standard InChI is InChI=1S/C23H24FN3O2/c1-27-17-4-2-5-18(27)13-16(12-17)25-22(28)19-6-3-7-20-21(19)29-23(26-20)14-8-10-15(24)11-9-14/h3,6-11,16-18H,2,4-5,12-13H2,1H3,(H,25,28)/t17-,18-/m1/s1. The van der Waals surface area contributed by atoms with Gasteiger partial charge in [-0.15, -0.1) is 0 Å². The van der Waals surface area contributed by atoms with Crippen LogP contribution in [0, 0.1) is 5.82 Å². The average Bonchev–Trinajstić information content (AvgIpc) is 3.13. The summed E-state index contributed by atoms with van der Waals surface area (Å²) in [5.74, 6) is -0.0491. The lowest BCUT2D eigenvalue weighted by atomic mass is 9.82. The number of carbonyl (C=O) groups excluding carboxylic acids is 1. The third-order valence-corrected chi connectivity index (χ3v) is 6.43. The van der Waals surface area contributed by atoms with E-state index in [2.05, 4.69) is 22.2 Å². The van der Waals surface area contributed by atoms with Crippen LogP contribution in [0.4, 0.5) is 4.39 Å². The molecule has 29 heavy (non-hydrogen) atoms. The first-order valence-electron chi connectivity index (χ1n) is 10.3. The summed E-state index contributed by atoms with van der Waals surface area (Å²) in [7, 11) is 2.21. The third-order valence-electron chi connectivity index (χ3n) is 6.43. The summed E-state index contributed by atoms with van der Waals surface area (Å²) in [6, 6.07) is 12.7. The second-order valence-electron chi connectivity index (χ2n) is 8.23. The van der Waals surface area contributed by atoms with Crippen LogP contribution < -0.4 is 5.32 Å². The van der Waals surface area contributed by atoms with Crippen molar-refractivity contribution in [1.29, 1.82) is 0 Å². The highest BCUT2D eigenvalue weighted by Gasteiger charge is 2.36. The van der Waals surface area contributed by atoms with Crippen LogP contribution >= 0.6 is 0 Å². The molecule has 2 saturated heterocycles.